The van der Waals surface area contributed by atoms with Crippen LogP contribution in [0.4, 0.5) is 0 Å². The lowest BCUT2D eigenvalue weighted by molar-refractivity contribution is 1.07. The molecule has 4 heteroatoms. The smallest absolute Gasteiger partial charge is 0.164 e. The van der Waals surface area contributed by atoms with Crippen molar-refractivity contribution in [1.29, 1.82) is 5.26 Å². The Bertz CT molecular complexity index is 3500. The molecule has 0 saturated heterocycles. The standard InChI is InChI=1S/C58H36N4/c59-37-38-25-27-40(28-26-38)41-29-31-42(32-30-41)52-35-54-51-24-10-8-22-49(51)53(36-55(54)50-23-9-7-21-48(50)52)45-18-12-20-47(34-45)58-61-56(43-15-5-2-6-16-43)60-57(62-58)46-19-11-17-44(33-46)39-13-3-1-4-14-39/h1-36H. The van der Waals surface area contributed by atoms with E-state index in [1.807, 2.05) is 60.7 Å². The maximum Gasteiger partial charge on any atom is 0.164 e. The summed E-state index contributed by atoms with van der Waals surface area (Å²) in [4.78, 5) is 15.3. The summed E-state index contributed by atoms with van der Waals surface area (Å²) in [6.07, 6.45) is 0. The van der Waals surface area contributed by atoms with Gasteiger partial charge in [-0.3, -0.25) is 0 Å². The number of hydrogen-bond donors (Lipinski definition) is 0. The van der Waals surface area contributed by atoms with Crippen molar-refractivity contribution in [2.75, 3.05) is 0 Å². The zero-order chi connectivity index (χ0) is 41.4. The molecule has 0 unspecified atom stereocenters. The molecule has 1 heterocycles. The van der Waals surface area contributed by atoms with Gasteiger partial charge in [0.2, 0.25) is 0 Å². The molecule has 0 aliphatic heterocycles. The second kappa shape index (κ2) is 15.6. The van der Waals surface area contributed by atoms with Gasteiger partial charge in [0.1, 0.15) is 0 Å². The van der Waals surface area contributed by atoms with Crippen LogP contribution < -0.4 is 0 Å². The zero-order valence-corrected chi connectivity index (χ0v) is 33.6. The Morgan fingerprint density at radius 3 is 1.18 bits per heavy atom. The van der Waals surface area contributed by atoms with Crippen LogP contribution in [-0.2, 0) is 0 Å². The van der Waals surface area contributed by atoms with Gasteiger partial charge in [-0.25, -0.2) is 15.0 Å². The monoisotopic (exact) mass is 788 g/mol. The fourth-order valence-corrected chi connectivity index (χ4v) is 8.65. The Morgan fingerprint density at radius 1 is 0.258 bits per heavy atom. The van der Waals surface area contributed by atoms with Crippen LogP contribution in [0.25, 0.3) is 111 Å². The molecule has 0 radical (unpaired) electrons. The van der Waals surface area contributed by atoms with E-state index in [0.29, 0.717) is 23.0 Å². The normalized spacial score (nSPS) is 11.2. The second-order valence-electron chi connectivity index (χ2n) is 15.5. The van der Waals surface area contributed by atoms with E-state index in [2.05, 4.69) is 164 Å². The fourth-order valence-electron chi connectivity index (χ4n) is 8.65. The number of benzene rings is 10. The summed E-state index contributed by atoms with van der Waals surface area (Å²) in [6, 6.07) is 78.4. The first kappa shape index (κ1) is 36.6. The summed E-state index contributed by atoms with van der Waals surface area (Å²) in [5.74, 6) is 1.87. The summed E-state index contributed by atoms with van der Waals surface area (Å²) >= 11 is 0. The molecule has 0 spiro atoms. The first-order valence-corrected chi connectivity index (χ1v) is 20.7. The molecule has 0 N–H and O–H groups in total. The largest absolute Gasteiger partial charge is 0.208 e. The van der Waals surface area contributed by atoms with E-state index in [1.54, 1.807) is 0 Å². The van der Waals surface area contributed by atoms with Gasteiger partial charge in [0.05, 0.1) is 11.6 Å². The third kappa shape index (κ3) is 6.74. The molecular weight excluding hydrogens is 753 g/mol. The van der Waals surface area contributed by atoms with Gasteiger partial charge in [-0.1, -0.05) is 182 Å². The number of hydrogen-bond acceptors (Lipinski definition) is 4. The number of rotatable bonds is 7. The zero-order valence-electron chi connectivity index (χ0n) is 33.6. The van der Waals surface area contributed by atoms with Crippen LogP contribution in [-0.4, -0.2) is 15.0 Å². The van der Waals surface area contributed by atoms with Crippen LogP contribution in [0.5, 0.6) is 0 Å². The van der Waals surface area contributed by atoms with Crippen molar-refractivity contribution in [2.24, 2.45) is 0 Å². The lowest BCUT2D eigenvalue weighted by atomic mass is 9.87. The van der Waals surface area contributed by atoms with Crippen molar-refractivity contribution in [3.05, 3.63) is 224 Å². The van der Waals surface area contributed by atoms with E-state index in [9.17, 15) is 5.26 Å². The third-order valence-corrected chi connectivity index (χ3v) is 11.8. The van der Waals surface area contributed by atoms with Gasteiger partial charge < -0.3 is 0 Å². The van der Waals surface area contributed by atoms with Crippen molar-refractivity contribution in [3.63, 3.8) is 0 Å². The Kier molecular flexibility index (Phi) is 9.19. The number of nitrogens with zero attached hydrogens (tertiary/aromatic N) is 4. The Balaban J connectivity index is 1.04. The average Bonchev–Trinajstić information content (AvgIpc) is 3.36. The number of aromatic nitrogens is 3. The van der Waals surface area contributed by atoms with Crippen LogP contribution >= 0.6 is 0 Å². The maximum absolute atomic E-state index is 9.28. The van der Waals surface area contributed by atoms with Gasteiger partial charge in [0, 0.05) is 16.7 Å². The molecule has 62 heavy (non-hydrogen) atoms. The molecule has 0 bridgehead atoms. The predicted octanol–water partition coefficient (Wildman–Crippen LogP) is 14.9. The van der Waals surface area contributed by atoms with Crippen LogP contribution in [0, 0.1) is 11.3 Å². The van der Waals surface area contributed by atoms with E-state index in [0.717, 1.165) is 55.6 Å². The van der Waals surface area contributed by atoms with E-state index >= 15 is 0 Å². The summed E-state index contributed by atoms with van der Waals surface area (Å²) in [7, 11) is 0. The van der Waals surface area contributed by atoms with Gasteiger partial charge in [-0.2, -0.15) is 5.26 Å². The lowest BCUT2D eigenvalue weighted by Gasteiger charge is -2.16. The van der Waals surface area contributed by atoms with Gasteiger partial charge in [-0.05, 0) is 113 Å². The topological polar surface area (TPSA) is 62.5 Å². The van der Waals surface area contributed by atoms with Crippen molar-refractivity contribution in [1.82, 2.24) is 15.0 Å². The highest BCUT2D eigenvalue weighted by molar-refractivity contribution is 6.23. The van der Waals surface area contributed by atoms with Crippen LogP contribution in [0.3, 0.4) is 0 Å². The van der Waals surface area contributed by atoms with E-state index < -0.39 is 0 Å². The molecule has 1 aromatic heterocycles. The fraction of sp³-hybridized carbons (Fsp3) is 0. The molecule has 10 aromatic carbocycles. The quantitative estimate of drug-likeness (QED) is 0.151. The minimum atomic E-state index is 0.617. The summed E-state index contributed by atoms with van der Waals surface area (Å²) < 4.78 is 0. The molecule has 0 amide bonds. The van der Waals surface area contributed by atoms with Gasteiger partial charge in [0.15, 0.2) is 17.5 Å². The van der Waals surface area contributed by atoms with E-state index in [1.165, 1.54) is 37.9 Å². The second-order valence-corrected chi connectivity index (χ2v) is 15.5. The number of fused-ring (bicyclic) bond motifs is 5. The van der Waals surface area contributed by atoms with Crippen molar-refractivity contribution >= 4 is 32.3 Å². The Labute approximate surface area is 359 Å². The Morgan fingerprint density at radius 2 is 0.629 bits per heavy atom. The van der Waals surface area contributed by atoms with Gasteiger partial charge in [-0.15, -0.1) is 0 Å². The minimum Gasteiger partial charge on any atom is -0.208 e. The van der Waals surface area contributed by atoms with Crippen LogP contribution in [0.15, 0.2) is 218 Å². The van der Waals surface area contributed by atoms with E-state index in [-0.39, 0.29) is 0 Å². The molecule has 0 fully saturated rings. The van der Waals surface area contributed by atoms with Crippen molar-refractivity contribution in [2.45, 2.75) is 0 Å². The molecule has 0 aliphatic carbocycles. The molecule has 0 atom stereocenters. The van der Waals surface area contributed by atoms with Crippen LogP contribution in [0.1, 0.15) is 5.56 Å². The minimum absolute atomic E-state index is 0.617. The van der Waals surface area contributed by atoms with Gasteiger partial charge in [0.25, 0.3) is 0 Å². The van der Waals surface area contributed by atoms with E-state index in [4.69, 9.17) is 15.0 Å². The average molecular weight is 789 g/mol. The summed E-state index contributed by atoms with van der Waals surface area (Å²) in [5, 5.41) is 16.4. The summed E-state index contributed by atoms with van der Waals surface area (Å²) in [5.41, 5.74) is 12.4. The SMILES string of the molecule is N#Cc1ccc(-c2ccc(-c3cc4c5ccccc5c(-c5cccc(-c6nc(-c7ccccc7)nc(-c7cccc(-c8ccccc8)c7)n6)c5)cc4c4ccccc34)cc2)cc1. The first-order chi connectivity index (χ1) is 30.7. The molecule has 11 rings (SSSR count). The van der Waals surface area contributed by atoms with Gasteiger partial charge >= 0.3 is 0 Å². The molecule has 0 saturated carbocycles. The first-order valence-electron chi connectivity index (χ1n) is 20.7. The third-order valence-electron chi connectivity index (χ3n) is 11.8. The van der Waals surface area contributed by atoms with Crippen LogP contribution in [0.2, 0.25) is 0 Å². The van der Waals surface area contributed by atoms with Crippen molar-refractivity contribution in [3.8, 4) is 84.7 Å². The molecule has 4 nitrogen and oxygen atoms in total. The maximum atomic E-state index is 9.28. The highest BCUT2D eigenvalue weighted by Crippen LogP contribution is 2.42. The molecular formula is C58H36N4. The Hall–Kier alpha value is -8.52. The number of nitriles is 1. The lowest BCUT2D eigenvalue weighted by Crippen LogP contribution is -2.00. The highest BCUT2D eigenvalue weighted by atomic mass is 15.0. The summed E-state index contributed by atoms with van der Waals surface area (Å²) in [6.45, 7) is 0. The predicted molar refractivity (Wildman–Crippen MR) is 255 cm³/mol. The molecule has 0 aliphatic rings. The molecule has 11 aromatic rings. The highest BCUT2D eigenvalue weighted by Gasteiger charge is 2.17. The molecule has 288 valence electrons. The van der Waals surface area contributed by atoms with Crippen molar-refractivity contribution < 1.29 is 0 Å².